The van der Waals surface area contributed by atoms with Gasteiger partial charge in [-0.1, -0.05) is 24.3 Å². The van der Waals surface area contributed by atoms with Crippen molar-refractivity contribution in [1.29, 1.82) is 0 Å². The Balaban J connectivity index is 1.50. The van der Waals surface area contributed by atoms with Crippen molar-refractivity contribution in [3.63, 3.8) is 0 Å². The largest absolute Gasteiger partial charge is 0.207 e. The first-order chi connectivity index (χ1) is 17.1. The van der Waals surface area contributed by atoms with Crippen LogP contribution in [0.15, 0.2) is 60.7 Å². The van der Waals surface area contributed by atoms with Crippen LogP contribution in [0, 0.1) is 48.8 Å². The SMILES string of the molecule is Cc1ccc(CCc2ccc(-c3cc(F)c(CCc4c(F)cc(C)cc4F)c(F)c3)cc2F)c(F)c1. The van der Waals surface area contributed by atoms with Crippen LogP contribution in [0.4, 0.5) is 26.3 Å². The molecule has 0 aliphatic rings. The monoisotopic (exact) mass is 498 g/mol. The van der Waals surface area contributed by atoms with E-state index in [1.807, 2.05) is 0 Å². The molecule has 0 amide bonds. The highest BCUT2D eigenvalue weighted by atomic mass is 19.2. The molecule has 0 saturated heterocycles. The molecule has 4 aromatic carbocycles. The Bertz CT molecular complexity index is 1380. The normalized spacial score (nSPS) is 11.2. The summed E-state index contributed by atoms with van der Waals surface area (Å²) < 4.78 is 86.5. The van der Waals surface area contributed by atoms with Crippen LogP contribution in [0.2, 0.25) is 0 Å². The molecule has 0 N–H and O–H groups in total. The van der Waals surface area contributed by atoms with Gasteiger partial charge < -0.3 is 0 Å². The van der Waals surface area contributed by atoms with Gasteiger partial charge in [0.15, 0.2) is 0 Å². The molecule has 0 aliphatic carbocycles. The van der Waals surface area contributed by atoms with Gasteiger partial charge >= 0.3 is 0 Å². The van der Waals surface area contributed by atoms with Crippen LogP contribution in [0.25, 0.3) is 11.1 Å². The van der Waals surface area contributed by atoms with Crippen LogP contribution >= 0.6 is 0 Å². The second-order valence-electron chi connectivity index (χ2n) is 9.03. The van der Waals surface area contributed by atoms with Crippen molar-refractivity contribution in [2.45, 2.75) is 39.5 Å². The molecule has 0 atom stereocenters. The van der Waals surface area contributed by atoms with Crippen molar-refractivity contribution in [2.75, 3.05) is 0 Å². The molecular formula is C30H24F6. The number of aryl methyl sites for hydroxylation is 4. The number of hydrogen-bond acceptors (Lipinski definition) is 0. The van der Waals surface area contributed by atoms with Gasteiger partial charge in [-0.05, 0) is 109 Å². The van der Waals surface area contributed by atoms with Crippen LogP contribution in [-0.4, -0.2) is 0 Å². The Labute approximate surface area is 206 Å². The van der Waals surface area contributed by atoms with Crippen molar-refractivity contribution >= 4 is 0 Å². The van der Waals surface area contributed by atoms with E-state index < -0.39 is 29.1 Å². The Hall–Kier alpha value is -3.54. The fourth-order valence-electron chi connectivity index (χ4n) is 4.28. The summed E-state index contributed by atoms with van der Waals surface area (Å²) in [5, 5.41) is 0. The van der Waals surface area contributed by atoms with Gasteiger partial charge in [-0.3, -0.25) is 0 Å². The highest BCUT2D eigenvalue weighted by Crippen LogP contribution is 2.28. The summed E-state index contributed by atoms with van der Waals surface area (Å²) in [6, 6.07) is 13.6. The summed E-state index contributed by atoms with van der Waals surface area (Å²) in [5.74, 6) is -4.17. The molecule has 0 nitrogen and oxygen atoms in total. The maximum absolute atomic E-state index is 14.8. The first kappa shape index (κ1) is 25.5. The molecule has 0 bridgehead atoms. The van der Waals surface area contributed by atoms with Crippen LogP contribution in [0.3, 0.4) is 0 Å². The predicted octanol–water partition coefficient (Wildman–Crippen LogP) is 8.38. The standard InChI is InChI=1S/C30H24F6/c1-17-3-4-19(25(31)11-17)5-6-20-7-8-21(14-26(20)32)22-15-29(35)24(30(36)16-22)10-9-23-27(33)12-18(2)13-28(23)34/h3-4,7-8,11-16H,5-6,9-10H2,1-2H3. The number of halogens is 6. The van der Waals surface area contributed by atoms with Crippen LogP contribution in [0.1, 0.15) is 33.4 Å². The van der Waals surface area contributed by atoms with Crippen LogP contribution < -0.4 is 0 Å². The Morgan fingerprint density at radius 3 is 1.33 bits per heavy atom. The highest BCUT2D eigenvalue weighted by molar-refractivity contribution is 5.64. The fourth-order valence-corrected chi connectivity index (χ4v) is 4.28. The summed E-state index contributed by atoms with van der Waals surface area (Å²) in [4.78, 5) is 0. The van der Waals surface area contributed by atoms with Gasteiger partial charge in [-0.15, -0.1) is 0 Å². The van der Waals surface area contributed by atoms with Gasteiger partial charge in [0.1, 0.15) is 34.9 Å². The topological polar surface area (TPSA) is 0 Å². The van der Waals surface area contributed by atoms with E-state index in [4.69, 9.17) is 0 Å². The average Bonchev–Trinajstić information content (AvgIpc) is 2.79. The van der Waals surface area contributed by atoms with E-state index in [0.29, 0.717) is 23.1 Å². The molecule has 36 heavy (non-hydrogen) atoms. The molecule has 186 valence electrons. The summed E-state index contributed by atoms with van der Waals surface area (Å²) in [6.45, 7) is 3.33. The van der Waals surface area contributed by atoms with E-state index in [2.05, 4.69) is 0 Å². The van der Waals surface area contributed by atoms with E-state index in [1.54, 1.807) is 32.0 Å². The zero-order valence-corrected chi connectivity index (χ0v) is 19.9. The lowest BCUT2D eigenvalue weighted by Crippen LogP contribution is -2.04. The lowest BCUT2D eigenvalue weighted by Gasteiger charge is -2.11. The van der Waals surface area contributed by atoms with Gasteiger partial charge in [0.05, 0.1) is 0 Å². The maximum atomic E-state index is 14.8. The molecular weight excluding hydrogens is 474 g/mol. The van der Waals surface area contributed by atoms with E-state index in [0.717, 1.165) is 17.7 Å². The van der Waals surface area contributed by atoms with Gasteiger partial charge in [-0.2, -0.15) is 0 Å². The predicted molar refractivity (Wildman–Crippen MR) is 129 cm³/mol. The Kier molecular flexibility index (Phi) is 7.53. The molecule has 0 fully saturated rings. The third kappa shape index (κ3) is 5.64. The van der Waals surface area contributed by atoms with Gasteiger partial charge in [0.25, 0.3) is 0 Å². The second kappa shape index (κ2) is 10.6. The molecule has 0 unspecified atom stereocenters. The second-order valence-corrected chi connectivity index (χ2v) is 9.03. The minimum Gasteiger partial charge on any atom is -0.207 e. The van der Waals surface area contributed by atoms with Crippen molar-refractivity contribution in [3.8, 4) is 11.1 Å². The highest BCUT2D eigenvalue weighted by Gasteiger charge is 2.17. The quantitative estimate of drug-likeness (QED) is 0.225. The third-order valence-corrected chi connectivity index (χ3v) is 6.31. The smallest absolute Gasteiger partial charge is 0.129 e. The molecule has 4 rings (SSSR count). The van der Waals surface area contributed by atoms with Crippen molar-refractivity contribution in [3.05, 3.63) is 129 Å². The maximum Gasteiger partial charge on any atom is 0.129 e. The lowest BCUT2D eigenvalue weighted by molar-refractivity contribution is 0.535. The van der Waals surface area contributed by atoms with Gasteiger partial charge in [-0.25, -0.2) is 26.3 Å². The zero-order valence-electron chi connectivity index (χ0n) is 19.9. The molecule has 4 aromatic rings. The minimum absolute atomic E-state index is 0.136. The number of benzene rings is 4. The van der Waals surface area contributed by atoms with Crippen LogP contribution in [0.5, 0.6) is 0 Å². The summed E-state index contributed by atoms with van der Waals surface area (Å²) in [5.41, 5.74) is 1.94. The molecule has 0 spiro atoms. The molecule has 0 aromatic heterocycles. The summed E-state index contributed by atoms with van der Waals surface area (Å²) in [7, 11) is 0. The van der Waals surface area contributed by atoms with Gasteiger partial charge in [0.2, 0.25) is 0 Å². The number of hydrogen-bond donors (Lipinski definition) is 0. The fraction of sp³-hybridized carbons (Fsp3) is 0.200. The molecule has 0 radical (unpaired) electrons. The number of rotatable bonds is 7. The van der Waals surface area contributed by atoms with Crippen molar-refractivity contribution < 1.29 is 26.3 Å². The molecule has 0 heterocycles. The molecule has 6 heteroatoms. The first-order valence-electron chi connectivity index (χ1n) is 11.6. The van der Waals surface area contributed by atoms with E-state index in [1.165, 1.54) is 30.3 Å². The van der Waals surface area contributed by atoms with E-state index >= 15 is 0 Å². The summed E-state index contributed by atoms with van der Waals surface area (Å²) >= 11 is 0. The van der Waals surface area contributed by atoms with Crippen molar-refractivity contribution in [1.82, 2.24) is 0 Å². The summed E-state index contributed by atoms with van der Waals surface area (Å²) in [6.07, 6.45) is 0.121. The first-order valence-corrected chi connectivity index (χ1v) is 11.6. The molecule has 0 saturated carbocycles. The lowest BCUT2D eigenvalue weighted by atomic mass is 9.96. The Morgan fingerprint density at radius 2 is 0.833 bits per heavy atom. The third-order valence-electron chi connectivity index (χ3n) is 6.31. The zero-order chi connectivity index (χ0) is 26.0. The van der Waals surface area contributed by atoms with Crippen LogP contribution in [-0.2, 0) is 25.7 Å². The van der Waals surface area contributed by atoms with Crippen molar-refractivity contribution in [2.24, 2.45) is 0 Å². The van der Waals surface area contributed by atoms with E-state index in [9.17, 15) is 26.3 Å². The van der Waals surface area contributed by atoms with Gasteiger partial charge in [0, 0.05) is 11.1 Å². The average molecular weight is 499 g/mol. The minimum atomic E-state index is -0.878. The molecule has 0 aliphatic heterocycles. The Morgan fingerprint density at radius 1 is 0.417 bits per heavy atom. The van der Waals surface area contributed by atoms with E-state index in [-0.39, 0.29) is 47.3 Å².